The topological polar surface area (TPSA) is 74.6 Å². The number of benzene rings is 2. The lowest BCUT2D eigenvalue weighted by atomic mass is 10.1. The highest BCUT2D eigenvalue weighted by atomic mass is 19.1. The third kappa shape index (κ3) is 5.96. The number of rotatable bonds is 11. The van der Waals surface area contributed by atoms with Gasteiger partial charge in [-0.3, -0.25) is 14.2 Å². The zero-order valence-electron chi connectivity index (χ0n) is 22.8. The van der Waals surface area contributed by atoms with Crippen LogP contribution in [0.4, 0.5) is 15.8 Å². The second-order valence-electron chi connectivity index (χ2n) is 9.47. The van der Waals surface area contributed by atoms with Crippen molar-refractivity contribution in [3.05, 3.63) is 114 Å². The summed E-state index contributed by atoms with van der Waals surface area (Å²) < 4.78 is 15.0. The van der Waals surface area contributed by atoms with Gasteiger partial charge in [-0.2, -0.15) is 0 Å². The smallest absolute Gasteiger partial charge is 0.270 e. The van der Waals surface area contributed by atoms with Gasteiger partial charge in [0.2, 0.25) is 0 Å². The molecule has 0 spiro atoms. The maximum atomic E-state index is 13.4. The van der Waals surface area contributed by atoms with E-state index in [2.05, 4.69) is 39.6 Å². The highest BCUT2D eigenvalue weighted by Crippen LogP contribution is 2.26. The molecule has 0 saturated heterocycles. The van der Waals surface area contributed by atoms with Gasteiger partial charge in [0.15, 0.2) is 0 Å². The predicted octanol–water partition coefficient (Wildman–Crippen LogP) is 5.97. The first-order valence-corrected chi connectivity index (χ1v) is 13.6. The molecule has 7 nitrogen and oxygen atoms in total. The van der Waals surface area contributed by atoms with Gasteiger partial charge >= 0.3 is 0 Å². The van der Waals surface area contributed by atoms with E-state index < -0.39 is 0 Å². The van der Waals surface area contributed by atoms with Crippen molar-refractivity contribution in [1.82, 2.24) is 19.7 Å². The number of nitrogens with zero attached hydrogens (tertiary/aromatic N) is 4. The summed E-state index contributed by atoms with van der Waals surface area (Å²) >= 11 is 0. The van der Waals surface area contributed by atoms with E-state index in [9.17, 15) is 9.18 Å². The average Bonchev–Trinajstić information content (AvgIpc) is 3.39. The normalized spacial score (nSPS) is 11.0. The van der Waals surface area contributed by atoms with Crippen LogP contribution in [-0.2, 0) is 13.0 Å². The summed E-state index contributed by atoms with van der Waals surface area (Å²) in [5.74, 6) is -0.390. The zero-order chi connectivity index (χ0) is 27.9. The largest absolute Gasteiger partial charge is 0.383 e. The Morgan fingerprint density at radius 3 is 2.42 bits per heavy atom. The number of carbonyl (C=O) groups excluding carboxylic acids is 1. The van der Waals surface area contributed by atoms with Crippen molar-refractivity contribution in [2.45, 2.75) is 26.8 Å². The number of fused-ring (bicyclic) bond motifs is 1. The Labute approximate surface area is 233 Å². The van der Waals surface area contributed by atoms with Crippen molar-refractivity contribution < 1.29 is 9.18 Å². The second kappa shape index (κ2) is 12.4. The van der Waals surface area contributed by atoms with Crippen LogP contribution in [0.2, 0.25) is 0 Å². The van der Waals surface area contributed by atoms with Crippen molar-refractivity contribution in [2.75, 3.05) is 29.9 Å². The molecule has 0 aliphatic carbocycles. The fourth-order valence-corrected chi connectivity index (χ4v) is 4.82. The minimum atomic E-state index is -0.239. The Kier molecular flexibility index (Phi) is 8.35. The number of aryl methyl sites for hydroxylation is 1. The number of hydrogen-bond donors (Lipinski definition) is 2. The summed E-state index contributed by atoms with van der Waals surface area (Å²) in [5, 5.41) is 6.42. The molecule has 2 aromatic carbocycles. The molecule has 0 unspecified atom stereocenters. The van der Waals surface area contributed by atoms with Crippen LogP contribution in [0.5, 0.6) is 0 Å². The van der Waals surface area contributed by atoms with E-state index in [0.29, 0.717) is 18.7 Å². The van der Waals surface area contributed by atoms with Crippen LogP contribution in [0.1, 0.15) is 35.6 Å². The highest BCUT2D eigenvalue weighted by Gasteiger charge is 2.20. The van der Waals surface area contributed by atoms with Crippen LogP contribution < -0.4 is 15.5 Å². The van der Waals surface area contributed by atoms with Gasteiger partial charge in [-0.15, -0.1) is 0 Å². The van der Waals surface area contributed by atoms with Crippen LogP contribution in [-0.4, -0.2) is 39.9 Å². The van der Waals surface area contributed by atoms with Gasteiger partial charge in [0.1, 0.15) is 17.2 Å². The van der Waals surface area contributed by atoms with Gasteiger partial charge in [0.25, 0.3) is 5.91 Å². The molecule has 0 aliphatic heterocycles. The monoisotopic (exact) mass is 536 g/mol. The van der Waals surface area contributed by atoms with Crippen LogP contribution in [0.15, 0.2) is 91.4 Å². The van der Waals surface area contributed by atoms with Crippen LogP contribution in [0.25, 0.3) is 16.8 Å². The van der Waals surface area contributed by atoms with E-state index in [0.717, 1.165) is 59.0 Å². The minimum absolute atomic E-state index is 0.151. The minimum Gasteiger partial charge on any atom is -0.383 e. The number of hydrogen-bond acceptors (Lipinski definition) is 5. The average molecular weight is 537 g/mol. The molecule has 1 amide bonds. The van der Waals surface area contributed by atoms with Gasteiger partial charge in [-0.1, -0.05) is 19.1 Å². The van der Waals surface area contributed by atoms with Gasteiger partial charge < -0.3 is 15.5 Å². The Bertz CT molecular complexity index is 1570. The lowest BCUT2D eigenvalue weighted by Crippen LogP contribution is -2.29. The molecule has 204 valence electrons. The van der Waals surface area contributed by atoms with E-state index in [1.54, 1.807) is 24.5 Å². The summed E-state index contributed by atoms with van der Waals surface area (Å²) in [4.78, 5) is 24.6. The Morgan fingerprint density at radius 1 is 0.975 bits per heavy atom. The third-order valence-electron chi connectivity index (χ3n) is 6.95. The van der Waals surface area contributed by atoms with Crippen molar-refractivity contribution in [3.8, 4) is 11.1 Å². The number of carbonyl (C=O) groups is 1. The van der Waals surface area contributed by atoms with Gasteiger partial charge in [-0.25, -0.2) is 9.37 Å². The third-order valence-corrected chi connectivity index (χ3v) is 6.95. The van der Waals surface area contributed by atoms with Gasteiger partial charge in [0.05, 0.1) is 5.69 Å². The molecule has 0 atom stereocenters. The molecule has 0 radical (unpaired) electrons. The number of likely N-dealkylation sites (N-methyl/N-ethyl adjacent to an activating group) is 1. The second-order valence-corrected chi connectivity index (χ2v) is 9.47. The van der Waals surface area contributed by atoms with E-state index in [1.807, 2.05) is 53.9 Å². The van der Waals surface area contributed by atoms with E-state index >= 15 is 0 Å². The Hall–Kier alpha value is -4.72. The van der Waals surface area contributed by atoms with E-state index in [4.69, 9.17) is 4.98 Å². The summed E-state index contributed by atoms with van der Waals surface area (Å²) in [6.07, 6.45) is 6.05. The summed E-state index contributed by atoms with van der Waals surface area (Å²) in [5.41, 5.74) is 7.08. The number of pyridine rings is 2. The molecule has 40 heavy (non-hydrogen) atoms. The fourth-order valence-electron chi connectivity index (χ4n) is 4.82. The van der Waals surface area contributed by atoms with Crippen LogP contribution in [0, 0.1) is 5.82 Å². The number of halogens is 1. The molecule has 8 heteroatoms. The molecule has 2 N–H and O–H groups in total. The number of nitrogens with one attached hydrogen (secondary N) is 2. The lowest BCUT2D eigenvalue weighted by molar-refractivity contribution is 0.0944. The molecule has 3 heterocycles. The quantitative estimate of drug-likeness (QED) is 0.218. The van der Waals surface area contributed by atoms with Crippen LogP contribution in [0.3, 0.4) is 0 Å². The summed E-state index contributed by atoms with van der Waals surface area (Å²) in [6.45, 7) is 6.94. The molecule has 0 fully saturated rings. The first kappa shape index (κ1) is 26.9. The number of anilines is 2. The maximum absolute atomic E-state index is 13.4. The molecule has 0 bridgehead atoms. The van der Waals surface area contributed by atoms with E-state index in [-0.39, 0.29) is 11.7 Å². The van der Waals surface area contributed by atoms with E-state index in [1.165, 1.54) is 12.1 Å². The highest BCUT2D eigenvalue weighted by molar-refractivity contribution is 5.95. The standard InChI is InChI=1S/C32H33FN6O/c1-3-29-30(39-20-5-6-28(31(39)37-29)24-15-17-34-18-16-24)32(40)36-22-23-7-13-27(14-8-23)38(4-2)21-19-35-26-11-9-25(33)10-12-26/h5-18,20,35H,3-4,19,21-22H2,1-2H3,(H,36,40). The molecule has 0 aliphatic rings. The zero-order valence-corrected chi connectivity index (χ0v) is 22.8. The van der Waals surface area contributed by atoms with Gasteiger partial charge in [0, 0.05) is 61.7 Å². The molecule has 5 rings (SSSR count). The van der Waals surface area contributed by atoms with Crippen molar-refractivity contribution >= 4 is 22.9 Å². The predicted molar refractivity (Wildman–Crippen MR) is 158 cm³/mol. The van der Waals surface area contributed by atoms with Crippen molar-refractivity contribution in [2.24, 2.45) is 0 Å². The molecule has 5 aromatic rings. The SMILES string of the molecule is CCc1nc2c(-c3ccncc3)cccn2c1C(=O)NCc1ccc(N(CC)CCNc2ccc(F)cc2)cc1. The maximum Gasteiger partial charge on any atom is 0.270 e. The Morgan fingerprint density at radius 2 is 1.73 bits per heavy atom. The Balaban J connectivity index is 1.24. The molecule has 3 aromatic heterocycles. The molecular weight excluding hydrogens is 503 g/mol. The first-order chi connectivity index (χ1) is 19.6. The van der Waals surface area contributed by atoms with Crippen molar-refractivity contribution in [1.29, 1.82) is 0 Å². The first-order valence-electron chi connectivity index (χ1n) is 13.6. The molecule has 0 saturated carbocycles. The van der Waals surface area contributed by atoms with Crippen LogP contribution >= 0.6 is 0 Å². The van der Waals surface area contributed by atoms with Gasteiger partial charge in [-0.05, 0) is 85.1 Å². The molecular formula is C32H33FN6O. The number of amides is 1. The summed E-state index contributed by atoms with van der Waals surface area (Å²) in [7, 11) is 0. The summed E-state index contributed by atoms with van der Waals surface area (Å²) in [6, 6.07) is 22.5. The van der Waals surface area contributed by atoms with Crippen molar-refractivity contribution in [3.63, 3.8) is 0 Å². The fraction of sp³-hybridized carbons (Fsp3) is 0.219. The number of imidazole rings is 1. The number of aromatic nitrogens is 3. The lowest BCUT2D eigenvalue weighted by Gasteiger charge is -2.24.